The Bertz CT molecular complexity index is 1610. The Balaban J connectivity index is 1.08. The number of hydrogen-bond donors (Lipinski definition) is 5. The van der Waals surface area contributed by atoms with Crippen molar-refractivity contribution >= 4 is 0 Å². The quantitative estimate of drug-likeness (QED) is 0.0252. The monoisotopic (exact) mass is 823 g/mol. The molecular formula is C50H82N10. The Morgan fingerprint density at radius 1 is 0.300 bits per heavy atom. The van der Waals surface area contributed by atoms with Gasteiger partial charge in [0, 0.05) is 31.0 Å². The van der Waals surface area contributed by atoms with Crippen LogP contribution < -0.4 is 0 Å². The number of aromatic amines is 5. The number of unbranched alkanes of at least 4 members (excludes halogenated alkanes) is 4. The summed E-state index contributed by atoms with van der Waals surface area (Å²) in [5.74, 6) is 3.37. The molecule has 5 N–H and O–H groups in total. The number of nitrogens with zero attached hydrogens (tertiary/aromatic N) is 5. The maximum atomic E-state index is 4.22. The normalized spacial score (nSPS) is 13.8. The molecule has 5 aromatic heterocycles. The smallest absolute Gasteiger partial charge is 0.0519 e. The van der Waals surface area contributed by atoms with Crippen molar-refractivity contribution in [1.29, 1.82) is 0 Å². The molecule has 0 aliphatic carbocycles. The van der Waals surface area contributed by atoms with Crippen molar-refractivity contribution in [3.05, 3.63) is 89.8 Å². The molecule has 0 saturated carbocycles. The molecule has 0 aliphatic heterocycles. The van der Waals surface area contributed by atoms with E-state index in [2.05, 4.69) is 82.7 Å². The van der Waals surface area contributed by atoms with Crippen molar-refractivity contribution in [3.63, 3.8) is 0 Å². The van der Waals surface area contributed by atoms with Crippen LogP contribution in [0.5, 0.6) is 0 Å². The third-order valence-electron chi connectivity index (χ3n) is 13.5. The zero-order valence-corrected chi connectivity index (χ0v) is 37.5. The van der Waals surface area contributed by atoms with Crippen LogP contribution in [0, 0.1) is 23.7 Å². The van der Waals surface area contributed by atoms with E-state index in [0.717, 1.165) is 55.8 Å². The third kappa shape index (κ3) is 20.5. The van der Waals surface area contributed by atoms with E-state index in [1.807, 2.05) is 37.2 Å². The molecule has 5 rings (SSSR count). The second-order valence-corrected chi connectivity index (χ2v) is 18.5. The second kappa shape index (κ2) is 30.1. The van der Waals surface area contributed by atoms with E-state index in [9.17, 15) is 0 Å². The van der Waals surface area contributed by atoms with Gasteiger partial charge in [-0.15, -0.1) is 0 Å². The first-order valence-electron chi connectivity index (χ1n) is 24.6. The van der Waals surface area contributed by atoms with Gasteiger partial charge < -0.3 is 0 Å². The van der Waals surface area contributed by atoms with Crippen LogP contribution in [0.4, 0.5) is 0 Å². The largest absolute Gasteiger partial charge is 0.285 e. The highest BCUT2D eigenvalue weighted by Gasteiger charge is 2.17. The van der Waals surface area contributed by atoms with E-state index in [1.54, 1.807) is 0 Å². The van der Waals surface area contributed by atoms with Crippen molar-refractivity contribution in [1.82, 2.24) is 51.0 Å². The Labute approximate surface area is 362 Å². The SMILES string of the molecule is CCCC(CCCc1cn[nH]c1)CCCC(CCCc1cn[nH]c1)CCCC(CCCc1cn[nH]c1)CCCC(CCCCCCCc1cn[nH]c1)CCCc1cn[nH]c1. The molecule has 60 heavy (non-hydrogen) atoms. The van der Waals surface area contributed by atoms with Crippen LogP contribution in [0.25, 0.3) is 0 Å². The van der Waals surface area contributed by atoms with Crippen molar-refractivity contribution < 1.29 is 0 Å². The highest BCUT2D eigenvalue weighted by molar-refractivity contribution is 5.04. The van der Waals surface area contributed by atoms with Crippen LogP contribution in [0.1, 0.15) is 195 Å². The molecule has 4 atom stereocenters. The fraction of sp³-hybridized carbons (Fsp3) is 0.700. The van der Waals surface area contributed by atoms with Crippen LogP contribution in [-0.4, -0.2) is 51.0 Å². The Kier molecular flexibility index (Phi) is 23.7. The summed E-state index contributed by atoms with van der Waals surface area (Å²) >= 11 is 0. The van der Waals surface area contributed by atoms with Crippen molar-refractivity contribution in [2.45, 2.75) is 200 Å². The summed E-state index contributed by atoms with van der Waals surface area (Å²) < 4.78 is 0. The average Bonchev–Trinajstić information content (AvgIpc) is 4.12. The Morgan fingerprint density at radius 3 is 0.850 bits per heavy atom. The highest BCUT2D eigenvalue weighted by Crippen LogP contribution is 2.31. The average molecular weight is 823 g/mol. The number of H-pyrrole nitrogens is 5. The van der Waals surface area contributed by atoms with E-state index in [-0.39, 0.29) is 0 Å². The van der Waals surface area contributed by atoms with Crippen molar-refractivity contribution in [2.75, 3.05) is 0 Å². The molecule has 0 amide bonds. The van der Waals surface area contributed by atoms with E-state index in [4.69, 9.17) is 0 Å². The lowest BCUT2D eigenvalue weighted by Crippen LogP contribution is -2.08. The van der Waals surface area contributed by atoms with Gasteiger partial charge in [-0.3, -0.25) is 25.5 Å². The molecule has 4 unspecified atom stereocenters. The summed E-state index contributed by atoms with van der Waals surface area (Å²) in [6.07, 6.45) is 59.8. The zero-order chi connectivity index (χ0) is 41.6. The van der Waals surface area contributed by atoms with Gasteiger partial charge in [-0.25, -0.2) is 0 Å². The molecule has 0 bridgehead atoms. The van der Waals surface area contributed by atoms with Gasteiger partial charge in [0.2, 0.25) is 0 Å². The summed E-state index contributed by atoms with van der Waals surface area (Å²) in [7, 11) is 0. The van der Waals surface area contributed by atoms with Crippen LogP contribution in [-0.2, 0) is 32.1 Å². The maximum Gasteiger partial charge on any atom is 0.0519 e. The summed E-state index contributed by atoms with van der Waals surface area (Å²) in [6.45, 7) is 2.37. The lowest BCUT2D eigenvalue weighted by Gasteiger charge is -2.23. The molecule has 0 aliphatic rings. The van der Waals surface area contributed by atoms with Crippen LogP contribution in [0.15, 0.2) is 62.0 Å². The summed E-state index contributed by atoms with van der Waals surface area (Å²) in [5, 5.41) is 35.9. The van der Waals surface area contributed by atoms with Crippen LogP contribution in [0.2, 0.25) is 0 Å². The molecule has 5 aromatic rings. The molecule has 0 fully saturated rings. The molecule has 0 radical (unpaired) electrons. The van der Waals surface area contributed by atoms with E-state index in [0.29, 0.717) is 0 Å². The Hall–Kier alpha value is -3.95. The first kappa shape index (κ1) is 47.1. The molecule has 10 nitrogen and oxygen atoms in total. The summed E-state index contributed by atoms with van der Waals surface area (Å²) in [4.78, 5) is 0. The van der Waals surface area contributed by atoms with E-state index in [1.165, 1.54) is 188 Å². The standard InChI is InChI=1S/C50H82N10/c1-2-15-42(19-11-28-47-34-53-54-35-47)18-8-21-44(26-13-30-49-38-57-58-39-49)23-10-24-45(27-14-31-50-40-59-60-41-50)22-9-20-43(25-12-29-48-36-55-56-37-48)16-6-4-3-5-7-17-46-32-51-52-33-46/h32-45H,2-31H2,1H3,(H,51,52)(H,53,54)(H,55,56)(H,57,58)(H,59,60). The molecule has 0 spiro atoms. The topological polar surface area (TPSA) is 143 Å². The number of rotatable bonds is 38. The molecule has 10 heteroatoms. The molecule has 5 heterocycles. The number of nitrogens with one attached hydrogen (secondary N) is 5. The number of aryl methyl sites for hydroxylation is 5. The fourth-order valence-corrected chi connectivity index (χ4v) is 9.97. The predicted molar refractivity (Wildman–Crippen MR) is 247 cm³/mol. The van der Waals surface area contributed by atoms with Gasteiger partial charge in [-0.05, 0) is 116 Å². The van der Waals surface area contributed by atoms with Gasteiger partial charge in [0.25, 0.3) is 0 Å². The molecular weight excluding hydrogens is 741 g/mol. The summed E-state index contributed by atoms with van der Waals surface area (Å²) in [5.41, 5.74) is 6.75. The molecule has 0 aromatic carbocycles. The van der Waals surface area contributed by atoms with E-state index >= 15 is 0 Å². The van der Waals surface area contributed by atoms with Crippen LogP contribution in [0.3, 0.4) is 0 Å². The minimum atomic E-state index is 0.828. The third-order valence-corrected chi connectivity index (χ3v) is 13.5. The lowest BCUT2D eigenvalue weighted by atomic mass is 9.83. The number of hydrogen-bond acceptors (Lipinski definition) is 5. The van der Waals surface area contributed by atoms with E-state index < -0.39 is 0 Å². The molecule has 0 saturated heterocycles. The number of aromatic nitrogens is 10. The maximum absolute atomic E-state index is 4.22. The predicted octanol–water partition coefficient (Wildman–Crippen LogP) is 13.1. The van der Waals surface area contributed by atoms with Gasteiger partial charge in [0.05, 0.1) is 31.0 Å². The first-order chi connectivity index (χ1) is 29.7. The summed E-state index contributed by atoms with van der Waals surface area (Å²) in [6, 6.07) is 0. The highest BCUT2D eigenvalue weighted by atomic mass is 15.1. The Morgan fingerprint density at radius 2 is 0.550 bits per heavy atom. The van der Waals surface area contributed by atoms with Gasteiger partial charge >= 0.3 is 0 Å². The van der Waals surface area contributed by atoms with Crippen LogP contribution >= 0.6 is 0 Å². The first-order valence-corrected chi connectivity index (χ1v) is 24.6. The van der Waals surface area contributed by atoms with Crippen molar-refractivity contribution in [3.8, 4) is 0 Å². The molecule has 332 valence electrons. The fourth-order valence-electron chi connectivity index (χ4n) is 9.97. The van der Waals surface area contributed by atoms with Gasteiger partial charge in [-0.2, -0.15) is 25.5 Å². The van der Waals surface area contributed by atoms with Gasteiger partial charge in [-0.1, -0.05) is 135 Å². The van der Waals surface area contributed by atoms with Gasteiger partial charge in [0.15, 0.2) is 0 Å². The minimum Gasteiger partial charge on any atom is -0.285 e. The van der Waals surface area contributed by atoms with Gasteiger partial charge in [0.1, 0.15) is 0 Å². The van der Waals surface area contributed by atoms with Crippen molar-refractivity contribution in [2.24, 2.45) is 23.7 Å². The lowest BCUT2D eigenvalue weighted by molar-refractivity contribution is 0.308. The second-order valence-electron chi connectivity index (χ2n) is 18.5. The minimum absolute atomic E-state index is 0.828. The zero-order valence-electron chi connectivity index (χ0n) is 37.5.